The zero-order valence-electron chi connectivity index (χ0n) is 5.54. The molecule has 0 amide bonds. The first-order chi connectivity index (χ1) is 5.12. The van der Waals surface area contributed by atoms with Gasteiger partial charge in [0.25, 0.3) is 0 Å². The van der Waals surface area contributed by atoms with Gasteiger partial charge in [0.05, 0.1) is 0 Å². The van der Waals surface area contributed by atoms with Gasteiger partial charge < -0.3 is 0 Å². The second kappa shape index (κ2) is 2.93. The van der Waals surface area contributed by atoms with E-state index in [1.165, 1.54) is 0 Å². The summed E-state index contributed by atoms with van der Waals surface area (Å²) in [6.07, 6.45) is 0. The van der Waals surface area contributed by atoms with Crippen LogP contribution in [0.25, 0.3) is 0 Å². The van der Waals surface area contributed by atoms with Gasteiger partial charge in [-0.15, -0.1) is 8.28 Å². The van der Waals surface area contributed by atoms with Crippen LogP contribution in [-0.4, -0.2) is 4.21 Å². The molecule has 0 fully saturated rings. The van der Waals surface area contributed by atoms with E-state index in [1.807, 2.05) is 0 Å². The SMILES string of the molecule is NP1(N)=NP(N)(Cl)=NS(=O)(Cl)=N1. The first-order valence-corrected chi connectivity index (χ1v) is 9.23. The maximum absolute atomic E-state index is 11.1. The van der Waals surface area contributed by atoms with E-state index >= 15 is 0 Å². The number of nitrogens with zero attached hydrogens (tertiary/aromatic N) is 3. The predicted molar refractivity (Wildman–Crippen MR) is 53.5 cm³/mol. The minimum Gasteiger partial charge on any atom is -0.267 e. The Balaban J connectivity index is 3.58. The highest BCUT2D eigenvalue weighted by Gasteiger charge is 2.24. The number of halogens is 2. The maximum Gasteiger partial charge on any atom is 0.246 e. The molecule has 0 spiro atoms. The third kappa shape index (κ3) is 2.97. The van der Waals surface area contributed by atoms with Gasteiger partial charge in [-0.25, -0.2) is 4.21 Å². The molecule has 0 aromatic rings. The van der Waals surface area contributed by atoms with Crippen LogP contribution in [0, 0.1) is 0 Å². The number of hydrogen-bond acceptors (Lipinski definition) is 6. The fraction of sp³-hybridized carbons (Fsp3) is 0. The third-order valence-corrected chi connectivity index (χ3v) is 8.71. The van der Waals surface area contributed by atoms with Crippen molar-refractivity contribution in [2.75, 3.05) is 0 Å². The molecular formula is H6Cl2N6OP2S. The van der Waals surface area contributed by atoms with Crippen molar-refractivity contribution in [3.8, 4) is 0 Å². The Morgan fingerprint density at radius 3 is 2.17 bits per heavy atom. The number of nitrogens with two attached hydrogens (primary N) is 3. The fourth-order valence-corrected chi connectivity index (χ4v) is 9.60. The van der Waals surface area contributed by atoms with Crippen molar-refractivity contribution < 1.29 is 4.21 Å². The Bertz CT molecular complexity index is 409. The molecule has 0 saturated carbocycles. The summed E-state index contributed by atoms with van der Waals surface area (Å²) in [5.74, 6) is 0. The molecule has 72 valence electrons. The molecule has 12 heteroatoms. The predicted octanol–water partition coefficient (Wildman–Crippen LogP) is 1.54. The maximum atomic E-state index is 11.1. The fourth-order valence-electron chi connectivity index (χ4n) is 0.553. The molecule has 2 atom stereocenters. The molecule has 0 saturated heterocycles. The summed E-state index contributed by atoms with van der Waals surface area (Å²) >= 11 is 5.54. The Hall–Kier alpha value is 0.870. The lowest BCUT2D eigenvalue weighted by molar-refractivity contribution is 0.687. The van der Waals surface area contributed by atoms with Crippen molar-refractivity contribution in [1.82, 2.24) is 0 Å². The number of rotatable bonds is 0. The average Bonchev–Trinajstić information content (AvgIpc) is 1.44. The van der Waals surface area contributed by atoms with Crippen LogP contribution in [0.4, 0.5) is 0 Å². The van der Waals surface area contributed by atoms with Gasteiger partial charge in [-0.1, -0.05) is 0 Å². The average molecular weight is 271 g/mol. The monoisotopic (exact) mass is 270 g/mol. The van der Waals surface area contributed by atoms with Crippen molar-refractivity contribution in [2.45, 2.75) is 0 Å². The van der Waals surface area contributed by atoms with E-state index in [9.17, 15) is 4.21 Å². The van der Waals surface area contributed by atoms with E-state index in [4.69, 9.17) is 38.4 Å². The normalized spacial score (nSPS) is 45.4. The van der Waals surface area contributed by atoms with E-state index in [-0.39, 0.29) is 0 Å². The molecule has 1 rings (SSSR count). The Morgan fingerprint density at radius 2 is 1.83 bits per heavy atom. The van der Waals surface area contributed by atoms with E-state index in [2.05, 4.69) is 12.8 Å². The van der Waals surface area contributed by atoms with Gasteiger partial charge in [0.2, 0.25) is 23.3 Å². The Kier molecular flexibility index (Phi) is 2.68. The van der Waals surface area contributed by atoms with E-state index in [1.54, 1.807) is 0 Å². The molecule has 0 aromatic carbocycles. The largest absolute Gasteiger partial charge is 0.267 e. The molecule has 1 aliphatic heterocycles. The van der Waals surface area contributed by atoms with Crippen molar-refractivity contribution in [3.05, 3.63) is 0 Å². The molecule has 0 radical (unpaired) electrons. The van der Waals surface area contributed by atoms with Crippen molar-refractivity contribution in [2.24, 2.45) is 29.3 Å². The minimum atomic E-state index is -3.33. The van der Waals surface area contributed by atoms with Crippen molar-refractivity contribution in [1.29, 1.82) is 0 Å². The molecule has 0 aliphatic carbocycles. The van der Waals surface area contributed by atoms with Crippen molar-refractivity contribution in [3.63, 3.8) is 0 Å². The van der Waals surface area contributed by atoms with Crippen molar-refractivity contribution >= 4 is 45.3 Å². The van der Waals surface area contributed by atoms with Crippen LogP contribution < -0.4 is 16.5 Å². The topological polar surface area (TPSA) is 132 Å². The van der Waals surface area contributed by atoms with Gasteiger partial charge >= 0.3 is 0 Å². The van der Waals surface area contributed by atoms with Gasteiger partial charge in [-0.2, -0.15) is 4.52 Å². The van der Waals surface area contributed by atoms with E-state index < -0.39 is 23.3 Å². The highest BCUT2D eigenvalue weighted by atomic mass is 35.7. The van der Waals surface area contributed by atoms with E-state index in [0.717, 1.165) is 0 Å². The third-order valence-electron chi connectivity index (χ3n) is 0.715. The number of hydrogen-bond donors (Lipinski definition) is 3. The molecule has 0 bridgehead atoms. The van der Waals surface area contributed by atoms with Crippen LogP contribution in [0.2, 0.25) is 0 Å². The standard InChI is InChI=1S/Cl2H6N6OP2S/c1-10(3)6-11(4,5)8-12(2,9)7-10/h3-5H2. The molecule has 1 heterocycles. The van der Waals surface area contributed by atoms with Gasteiger partial charge in [0.1, 0.15) is 0 Å². The Labute approximate surface area is 79.0 Å². The van der Waals surface area contributed by atoms with Gasteiger partial charge in [0.15, 0.2) is 0 Å². The summed E-state index contributed by atoms with van der Waals surface area (Å²) in [7, 11) is -1.06. The first-order valence-electron chi connectivity index (χ1n) is 2.43. The van der Waals surface area contributed by atoms with Gasteiger partial charge in [-0.3, -0.25) is 16.5 Å². The highest BCUT2D eigenvalue weighted by molar-refractivity contribution is 8.20. The van der Waals surface area contributed by atoms with E-state index in [0.29, 0.717) is 0 Å². The molecule has 2 unspecified atom stereocenters. The molecule has 12 heavy (non-hydrogen) atoms. The lowest BCUT2D eigenvalue weighted by Crippen LogP contribution is -2.07. The highest BCUT2D eigenvalue weighted by Crippen LogP contribution is 2.61. The summed E-state index contributed by atoms with van der Waals surface area (Å²) in [4.78, 5) is 0. The summed E-state index contributed by atoms with van der Waals surface area (Å²) < 4.78 is 21.4. The lowest BCUT2D eigenvalue weighted by atomic mass is 13.8. The second-order valence-electron chi connectivity index (χ2n) is 1.95. The van der Waals surface area contributed by atoms with Crippen LogP contribution in [0.1, 0.15) is 0 Å². The minimum absolute atomic E-state index is 3.04. The molecule has 1 aliphatic rings. The molecular weight excluding hydrogens is 265 g/mol. The Morgan fingerprint density at radius 1 is 1.33 bits per heavy atom. The van der Waals surface area contributed by atoms with Crippen LogP contribution in [0.5, 0.6) is 0 Å². The lowest BCUT2D eigenvalue weighted by Gasteiger charge is -2.16. The summed E-state index contributed by atoms with van der Waals surface area (Å²) in [5.41, 5.74) is 16.0. The van der Waals surface area contributed by atoms with Crippen LogP contribution >= 0.6 is 36.1 Å². The molecule has 0 aromatic heterocycles. The van der Waals surface area contributed by atoms with Gasteiger partial charge in [-0.05, 0) is 11.2 Å². The zero-order valence-corrected chi connectivity index (χ0v) is 9.66. The van der Waals surface area contributed by atoms with Crippen LogP contribution in [-0.2, 0) is 9.13 Å². The smallest absolute Gasteiger partial charge is 0.246 e. The van der Waals surface area contributed by atoms with Crippen LogP contribution in [0.3, 0.4) is 0 Å². The zero-order chi connectivity index (χ0) is 9.62. The summed E-state index contributed by atoms with van der Waals surface area (Å²) in [6, 6.07) is 0. The quantitative estimate of drug-likeness (QED) is 0.455. The van der Waals surface area contributed by atoms with Gasteiger partial charge in [0, 0.05) is 10.7 Å². The summed E-state index contributed by atoms with van der Waals surface area (Å²) in [6.45, 7) is -3.06. The summed E-state index contributed by atoms with van der Waals surface area (Å²) in [5, 5.41) is 0. The van der Waals surface area contributed by atoms with Crippen LogP contribution in [0.15, 0.2) is 12.8 Å². The molecule has 6 N–H and O–H groups in total. The molecule has 7 nitrogen and oxygen atoms in total. The first kappa shape index (κ1) is 10.9. The second-order valence-corrected chi connectivity index (χ2v) is 10.1.